The number of para-hydroxylation sites is 1. The van der Waals surface area contributed by atoms with Crippen LogP contribution in [0.4, 0.5) is 5.69 Å². The molecule has 0 heterocycles. The van der Waals surface area contributed by atoms with Crippen molar-refractivity contribution in [2.24, 2.45) is 10.7 Å². The number of nitrogens with zero attached hydrogens (tertiary/aromatic N) is 1. The van der Waals surface area contributed by atoms with Gasteiger partial charge in [-0.3, -0.25) is 0 Å². The Bertz CT molecular complexity index is 390. The van der Waals surface area contributed by atoms with Crippen LogP contribution >= 0.6 is 11.8 Å². The largest absolute Gasteiger partial charge is 0.378 e. The lowest BCUT2D eigenvalue weighted by atomic mass is 10.1. The standard InChI is InChI=1S/C19H32N2S/c1-2-3-4-5-6-7-8-9-10-14-17-22-19(20)21-18-15-12-11-13-16-18/h11-13,15-16H,2-10,14,17H2,1H3,(H2,20,21). The zero-order valence-corrected chi connectivity index (χ0v) is 14.9. The molecule has 0 unspecified atom stereocenters. The van der Waals surface area contributed by atoms with E-state index in [0.29, 0.717) is 5.17 Å². The molecule has 0 saturated carbocycles. The maximum Gasteiger partial charge on any atom is 0.159 e. The normalized spacial score (nSPS) is 11.8. The molecule has 1 rings (SSSR count). The van der Waals surface area contributed by atoms with Crippen LogP contribution in [0.5, 0.6) is 0 Å². The van der Waals surface area contributed by atoms with E-state index in [1.54, 1.807) is 11.8 Å². The SMILES string of the molecule is CCCCCCCCCCCCSC(N)=Nc1ccccc1. The minimum atomic E-state index is 0.683. The minimum Gasteiger partial charge on any atom is -0.378 e. The minimum absolute atomic E-state index is 0.683. The molecule has 22 heavy (non-hydrogen) atoms. The Morgan fingerprint density at radius 1 is 0.864 bits per heavy atom. The Morgan fingerprint density at radius 3 is 2.00 bits per heavy atom. The van der Waals surface area contributed by atoms with Gasteiger partial charge in [-0.1, -0.05) is 94.7 Å². The quantitative estimate of drug-likeness (QED) is 0.279. The highest BCUT2D eigenvalue weighted by molar-refractivity contribution is 8.13. The number of unbranched alkanes of at least 4 members (excludes halogenated alkanes) is 9. The van der Waals surface area contributed by atoms with E-state index in [-0.39, 0.29) is 0 Å². The maximum absolute atomic E-state index is 5.94. The molecule has 0 aromatic heterocycles. The van der Waals surface area contributed by atoms with Crippen LogP contribution in [0.25, 0.3) is 0 Å². The smallest absolute Gasteiger partial charge is 0.159 e. The van der Waals surface area contributed by atoms with Crippen LogP contribution in [-0.2, 0) is 0 Å². The third kappa shape index (κ3) is 10.7. The number of rotatable bonds is 12. The molecule has 0 aliphatic heterocycles. The van der Waals surface area contributed by atoms with Gasteiger partial charge in [0, 0.05) is 5.75 Å². The van der Waals surface area contributed by atoms with Crippen molar-refractivity contribution in [3.8, 4) is 0 Å². The van der Waals surface area contributed by atoms with Crippen molar-refractivity contribution in [1.82, 2.24) is 0 Å². The van der Waals surface area contributed by atoms with Crippen molar-refractivity contribution < 1.29 is 0 Å². The summed E-state index contributed by atoms with van der Waals surface area (Å²) in [5, 5.41) is 0.683. The first-order chi connectivity index (χ1) is 10.8. The zero-order chi connectivity index (χ0) is 15.9. The molecular weight excluding hydrogens is 288 g/mol. The van der Waals surface area contributed by atoms with Gasteiger partial charge in [-0.15, -0.1) is 0 Å². The van der Waals surface area contributed by atoms with Crippen molar-refractivity contribution in [2.75, 3.05) is 5.75 Å². The van der Waals surface area contributed by atoms with Crippen LogP contribution in [0.1, 0.15) is 71.1 Å². The van der Waals surface area contributed by atoms with Crippen molar-refractivity contribution >= 4 is 22.6 Å². The summed E-state index contributed by atoms with van der Waals surface area (Å²) in [6.45, 7) is 2.27. The monoisotopic (exact) mass is 320 g/mol. The Hall–Kier alpha value is -0.960. The molecule has 0 saturated heterocycles. The summed E-state index contributed by atoms with van der Waals surface area (Å²) in [7, 11) is 0. The van der Waals surface area contributed by atoms with Crippen LogP contribution < -0.4 is 5.73 Å². The van der Waals surface area contributed by atoms with Gasteiger partial charge >= 0.3 is 0 Å². The number of amidine groups is 1. The second-order valence-electron chi connectivity index (χ2n) is 5.82. The fraction of sp³-hybridized carbons (Fsp3) is 0.632. The molecule has 2 nitrogen and oxygen atoms in total. The van der Waals surface area contributed by atoms with E-state index < -0.39 is 0 Å². The topological polar surface area (TPSA) is 38.4 Å². The fourth-order valence-electron chi connectivity index (χ4n) is 2.43. The van der Waals surface area contributed by atoms with Gasteiger partial charge in [0.05, 0.1) is 5.69 Å². The first-order valence-corrected chi connectivity index (χ1v) is 9.83. The molecular formula is C19H32N2S. The molecule has 1 aromatic rings. The average molecular weight is 321 g/mol. The number of aliphatic imine (C=N–C) groups is 1. The van der Waals surface area contributed by atoms with Crippen LogP contribution in [0.15, 0.2) is 35.3 Å². The zero-order valence-electron chi connectivity index (χ0n) is 14.1. The Labute approximate surface area is 141 Å². The third-order valence-corrected chi connectivity index (χ3v) is 4.62. The van der Waals surface area contributed by atoms with Gasteiger partial charge in [0.25, 0.3) is 0 Å². The van der Waals surface area contributed by atoms with Crippen molar-refractivity contribution in [2.45, 2.75) is 71.1 Å². The highest BCUT2D eigenvalue weighted by Crippen LogP contribution is 2.15. The van der Waals surface area contributed by atoms with E-state index >= 15 is 0 Å². The van der Waals surface area contributed by atoms with Gasteiger partial charge in [-0.2, -0.15) is 0 Å². The second kappa shape index (κ2) is 13.7. The third-order valence-electron chi connectivity index (χ3n) is 3.74. The first kappa shape index (κ1) is 19.1. The molecule has 0 aliphatic carbocycles. The van der Waals surface area contributed by atoms with Crippen molar-refractivity contribution in [3.05, 3.63) is 30.3 Å². The molecule has 0 spiro atoms. The van der Waals surface area contributed by atoms with Crippen LogP contribution in [0.2, 0.25) is 0 Å². The molecule has 0 amide bonds. The molecule has 0 radical (unpaired) electrons. The Kier molecular flexibility index (Phi) is 11.9. The van der Waals surface area contributed by atoms with E-state index in [2.05, 4.69) is 11.9 Å². The lowest BCUT2D eigenvalue weighted by Gasteiger charge is -2.03. The number of hydrogen-bond acceptors (Lipinski definition) is 2. The molecule has 1 aromatic carbocycles. The molecule has 0 atom stereocenters. The molecule has 3 heteroatoms. The summed E-state index contributed by atoms with van der Waals surface area (Å²) >= 11 is 1.68. The van der Waals surface area contributed by atoms with Gasteiger partial charge in [0.2, 0.25) is 0 Å². The fourth-order valence-corrected chi connectivity index (χ4v) is 3.16. The second-order valence-corrected chi connectivity index (χ2v) is 6.93. The highest BCUT2D eigenvalue weighted by Gasteiger charge is 1.96. The Morgan fingerprint density at radius 2 is 1.41 bits per heavy atom. The van der Waals surface area contributed by atoms with Crippen LogP contribution in [0, 0.1) is 0 Å². The van der Waals surface area contributed by atoms with Gasteiger partial charge in [0.15, 0.2) is 5.17 Å². The number of nitrogens with two attached hydrogens (primary N) is 1. The summed E-state index contributed by atoms with van der Waals surface area (Å²) in [6, 6.07) is 9.92. The molecule has 0 fully saturated rings. The van der Waals surface area contributed by atoms with E-state index in [9.17, 15) is 0 Å². The number of hydrogen-bond donors (Lipinski definition) is 1. The molecule has 2 N–H and O–H groups in total. The van der Waals surface area contributed by atoms with E-state index in [1.165, 1.54) is 64.2 Å². The van der Waals surface area contributed by atoms with Gasteiger partial charge in [-0.05, 0) is 18.6 Å². The first-order valence-electron chi connectivity index (χ1n) is 8.85. The predicted octanol–water partition coefficient (Wildman–Crippen LogP) is 6.29. The summed E-state index contributed by atoms with van der Waals surface area (Å²) < 4.78 is 0. The summed E-state index contributed by atoms with van der Waals surface area (Å²) in [6.07, 6.45) is 13.8. The number of benzene rings is 1. The summed E-state index contributed by atoms with van der Waals surface area (Å²) in [4.78, 5) is 4.40. The van der Waals surface area contributed by atoms with Gasteiger partial charge in [0.1, 0.15) is 0 Å². The molecule has 124 valence electrons. The highest BCUT2D eigenvalue weighted by atomic mass is 32.2. The van der Waals surface area contributed by atoms with Crippen LogP contribution in [-0.4, -0.2) is 10.9 Å². The average Bonchev–Trinajstić information content (AvgIpc) is 2.53. The predicted molar refractivity (Wildman–Crippen MR) is 102 cm³/mol. The summed E-state index contributed by atoms with van der Waals surface area (Å²) in [5.74, 6) is 1.08. The van der Waals surface area contributed by atoms with Crippen molar-refractivity contribution in [1.29, 1.82) is 0 Å². The molecule has 0 aliphatic rings. The maximum atomic E-state index is 5.94. The lowest BCUT2D eigenvalue weighted by molar-refractivity contribution is 0.563. The van der Waals surface area contributed by atoms with Gasteiger partial charge < -0.3 is 5.73 Å². The van der Waals surface area contributed by atoms with Gasteiger partial charge in [-0.25, -0.2) is 4.99 Å². The van der Waals surface area contributed by atoms with Crippen molar-refractivity contribution in [3.63, 3.8) is 0 Å². The summed E-state index contributed by atoms with van der Waals surface area (Å²) in [5.41, 5.74) is 6.88. The van der Waals surface area contributed by atoms with E-state index in [0.717, 1.165) is 11.4 Å². The number of thioether (sulfide) groups is 1. The molecule has 0 bridgehead atoms. The van der Waals surface area contributed by atoms with Crippen LogP contribution in [0.3, 0.4) is 0 Å². The lowest BCUT2D eigenvalue weighted by Crippen LogP contribution is -2.06. The van der Waals surface area contributed by atoms with E-state index in [1.807, 2.05) is 30.3 Å². The van der Waals surface area contributed by atoms with E-state index in [4.69, 9.17) is 5.73 Å². The Balaban J connectivity index is 1.92.